The zero-order valence-corrected chi connectivity index (χ0v) is 28.2. The van der Waals surface area contributed by atoms with Crippen molar-refractivity contribution in [2.75, 3.05) is 0 Å². The number of allylic oxidation sites excluding steroid dienone is 8. The van der Waals surface area contributed by atoms with Gasteiger partial charge in [0.1, 0.15) is 0 Å². The molecule has 0 atom stereocenters. The van der Waals surface area contributed by atoms with Crippen LogP contribution < -0.4 is 7.74 Å². The summed E-state index contributed by atoms with van der Waals surface area (Å²) in [6.45, 7) is 3.66. The Morgan fingerprint density at radius 1 is 0.592 bits per heavy atom. The van der Waals surface area contributed by atoms with E-state index in [1.807, 2.05) is 26.0 Å². The van der Waals surface area contributed by atoms with Crippen molar-refractivity contribution in [3.05, 3.63) is 152 Å². The molecule has 9 heteroatoms. The van der Waals surface area contributed by atoms with Crippen LogP contribution in [0.3, 0.4) is 0 Å². The first-order valence-electron chi connectivity index (χ1n) is 15.9. The Labute approximate surface area is 283 Å². The number of hydrogen-bond donors (Lipinski definition) is 2. The van der Waals surface area contributed by atoms with Crippen molar-refractivity contribution in [2.45, 2.75) is 26.7 Å². The Hall–Kier alpha value is -5.05. The number of aromatic hydroxyl groups is 2. The van der Waals surface area contributed by atoms with Gasteiger partial charge in [0.2, 0.25) is 0 Å². The molecule has 244 valence electrons. The van der Waals surface area contributed by atoms with Gasteiger partial charge in [0.15, 0.2) is 0 Å². The van der Waals surface area contributed by atoms with Crippen molar-refractivity contribution in [3.63, 3.8) is 0 Å². The number of fused-ring (bicyclic) bond motifs is 2. The van der Waals surface area contributed by atoms with Crippen LogP contribution in [0.25, 0.3) is 33.2 Å². The summed E-state index contributed by atoms with van der Waals surface area (Å²) in [6, 6.07) is 14.6. The third-order valence-electron chi connectivity index (χ3n) is 9.89. The Balaban J connectivity index is 1.47. The number of aromatic nitrogens is 2. The molecule has 8 rings (SSSR count). The molecule has 4 nitrogen and oxygen atoms in total. The third-order valence-corrected chi connectivity index (χ3v) is 17.8. The summed E-state index contributed by atoms with van der Waals surface area (Å²) in [5.74, 6) is -3.39. The molecular formula is C40H30F4N2O2Ti. The van der Waals surface area contributed by atoms with Crippen LogP contribution in [0, 0.1) is 37.1 Å². The number of rotatable bonds is 6. The van der Waals surface area contributed by atoms with Gasteiger partial charge in [-0.05, 0) is 0 Å². The van der Waals surface area contributed by atoms with Gasteiger partial charge < -0.3 is 0 Å². The number of phenols is 2. The third kappa shape index (κ3) is 4.61. The molecule has 6 aromatic rings. The van der Waals surface area contributed by atoms with Crippen LogP contribution in [0.4, 0.5) is 17.6 Å². The van der Waals surface area contributed by atoms with E-state index in [-0.39, 0.29) is 30.6 Å². The van der Waals surface area contributed by atoms with E-state index in [1.165, 1.54) is 36.4 Å². The van der Waals surface area contributed by atoms with Crippen LogP contribution in [-0.4, -0.2) is 19.3 Å². The second-order valence-corrected chi connectivity index (χ2v) is 18.6. The number of phenolic OH excluding ortho intramolecular Hbond substituents is 2. The molecule has 0 aliphatic heterocycles. The van der Waals surface area contributed by atoms with Gasteiger partial charge in [-0.1, -0.05) is 0 Å². The minimum atomic E-state index is -5.15. The molecule has 2 heterocycles. The van der Waals surface area contributed by atoms with Crippen LogP contribution in [0.2, 0.25) is 0 Å². The number of halogens is 4. The molecule has 2 aliphatic rings. The average Bonchev–Trinajstić information content (AvgIpc) is 3.90. The quantitative estimate of drug-likeness (QED) is 0.135. The molecule has 0 spiro atoms. The fourth-order valence-electron chi connectivity index (χ4n) is 7.73. The molecule has 0 amide bonds. The predicted molar refractivity (Wildman–Crippen MR) is 182 cm³/mol. The van der Waals surface area contributed by atoms with Gasteiger partial charge in [0.05, 0.1) is 0 Å². The molecule has 2 aromatic heterocycles. The second kappa shape index (κ2) is 11.5. The molecule has 0 fully saturated rings. The molecule has 0 bridgehead atoms. The fraction of sp³-hybridized carbons (Fsp3) is 0.100. The number of aryl methyl sites for hydroxylation is 2. The summed E-state index contributed by atoms with van der Waals surface area (Å²) < 4.78 is 72.6. The molecule has 4 aromatic carbocycles. The first-order valence-corrected chi connectivity index (χ1v) is 19.0. The van der Waals surface area contributed by atoms with Crippen LogP contribution in [0.5, 0.6) is 11.5 Å². The van der Waals surface area contributed by atoms with Crippen LogP contribution in [-0.2, 0) is 16.6 Å². The Morgan fingerprint density at radius 2 is 1.02 bits per heavy atom. The summed E-state index contributed by atoms with van der Waals surface area (Å²) in [6.07, 6.45) is 14.8. The summed E-state index contributed by atoms with van der Waals surface area (Å²) >= 11 is -5.15. The summed E-state index contributed by atoms with van der Waals surface area (Å²) in [5.41, 5.74) is 2.79. The van der Waals surface area contributed by atoms with Gasteiger partial charge in [-0.15, -0.1) is 0 Å². The summed E-state index contributed by atoms with van der Waals surface area (Å²) in [4.78, 5) is 0. The number of benzene rings is 4. The Morgan fingerprint density at radius 3 is 1.41 bits per heavy atom. The van der Waals surface area contributed by atoms with Crippen molar-refractivity contribution in [1.29, 1.82) is 0 Å². The van der Waals surface area contributed by atoms with E-state index in [9.17, 15) is 10.2 Å². The van der Waals surface area contributed by atoms with E-state index < -0.39 is 39.9 Å². The number of nitrogens with zero attached hydrogens (tertiary/aromatic N) is 2. The van der Waals surface area contributed by atoms with E-state index in [0.29, 0.717) is 42.4 Å². The zero-order valence-electron chi connectivity index (χ0n) is 26.6. The van der Waals surface area contributed by atoms with E-state index in [0.717, 1.165) is 11.1 Å². The molecule has 2 aliphatic carbocycles. The van der Waals surface area contributed by atoms with E-state index in [2.05, 4.69) is 0 Å². The predicted octanol–water partition coefficient (Wildman–Crippen LogP) is 8.95. The maximum atomic E-state index is 17.6. The minimum absolute atomic E-state index is 0.0390. The molecule has 2 N–H and O–H groups in total. The fourth-order valence-corrected chi connectivity index (χ4v) is 16.0. The van der Waals surface area contributed by atoms with Crippen molar-refractivity contribution in [2.24, 2.45) is 0 Å². The van der Waals surface area contributed by atoms with Gasteiger partial charge in [0, 0.05) is 0 Å². The molecule has 0 saturated heterocycles. The maximum absolute atomic E-state index is 17.6. The zero-order chi connectivity index (χ0) is 34.2. The number of hydrogen-bond acceptors (Lipinski definition) is 2. The van der Waals surface area contributed by atoms with E-state index in [4.69, 9.17) is 0 Å². The first kappa shape index (κ1) is 31.2. The molecule has 0 saturated carbocycles. The van der Waals surface area contributed by atoms with Crippen molar-refractivity contribution < 1.29 is 44.4 Å². The average molecular weight is 695 g/mol. The van der Waals surface area contributed by atoms with Crippen molar-refractivity contribution >= 4 is 29.5 Å². The van der Waals surface area contributed by atoms with Gasteiger partial charge in [0.25, 0.3) is 0 Å². The van der Waals surface area contributed by atoms with Crippen molar-refractivity contribution in [1.82, 2.24) is 9.13 Å². The molecule has 0 radical (unpaired) electrons. The summed E-state index contributed by atoms with van der Waals surface area (Å²) in [5, 5.41) is 21.7. The van der Waals surface area contributed by atoms with Gasteiger partial charge >= 0.3 is 284 Å². The van der Waals surface area contributed by atoms with E-state index in [1.54, 1.807) is 70.1 Å². The van der Waals surface area contributed by atoms with Crippen molar-refractivity contribution in [3.8, 4) is 22.9 Å². The second-order valence-electron chi connectivity index (χ2n) is 12.7. The molecule has 49 heavy (non-hydrogen) atoms. The van der Waals surface area contributed by atoms with E-state index >= 15 is 17.6 Å². The normalized spacial score (nSPS) is 14.4. The molecular weight excluding hydrogens is 664 g/mol. The van der Waals surface area contributed by atoms with Crippen LogP contribution in [0.1, 0.15) is 24.0 Å². The van der Waals surface area contributed by atoms with Gasteiger partial charge in [-0.2, -0.15) is 0 Å². The SMILES string of the molecule is Cc1cn(-c2ccc(F)[c]([Ti]([C]3=CC=CC3)([C]3=CC=CC3)[c]3c(F)ccc(-n4cc(C)c5cc(O)ccc54)c3F)c2F)c2ccc(O)cc12. The Bertz CT molecular complexity index is 2330. The van der Waals surface area contributed by atoms with Gasteiger partial charge in [-0.25, -0.2) is 0 Å². The monoisotopic (exact) mass is 694 g/mol. The van der Waals surface area contributed by atoms with Gasteiger partial charge in [-0.3, -0.25) is 0 Å². The molecule has 0 unspecified atom stereocenters. The van der Waals surface area contributed by atoms with Crippen LogP contribution in [0.15, 0.2) is 117 Å². The van der Waals surface area contributed by atoms with Crippen LogP contribution >= 0.6 is 0 Å². The topological polar surface area (TPSA) is 50.3 Å². The standard InChI is InChI=1S/2C15H10F2NO.2C5H5.Ti/c2*1-9-8-18(14-5-3-11(19)7-12(9)14)15-4-2-10(16)6-13(15)17;2*1-2-4-5-3-1;/h2*2-5,7-8,19H,1H3;2*1-3H,4H2;. The first-order chi connectivity index (χ1) is 23.6. The Kier molecular flexibility index (Phi) is 7.35. The summed E-state index contributed by atoms with van der Waals surface area (Å²) in [7, 11) is 0.